The summed E-state index contributed by atoms with van der Waals surface area (Å²) in [6.45, 7) is 4.58. The molecule has 0 aliphatic heterocycles. The molecule has 0 bridgehead atoms. The zero-order valence-corrected chi connectivity index (χ0v) is 18.9. The molecule has 0 nitrogen and oxygen atoms in total. The molecule has 23 heavy (non-hydrogen) atoms. The van der Waals surface area contributed by atoms with Gasteiger partial charge in [-0.3, -0.25) is 0 Å². The van der Waals surface area contributed by atoms with Gasteiger partial charge in [0, 0.05) is 0 Å². The first-order valence-corrected chi connectivity index (χ1v) is 9.67. The zero-order valence-electron chi connectivity index (χ0n) is 14.2. The number of rotatable bonds is 8. The molecule has 0 aromatic carbocycles. The van der Waals surface area contributed by atoms with Gasteiger partial charge in [-0.05, 0) is 0 Å². The van der Waals surface area contributed by atoms with E-state index in [2.05, 4.69) is 38.2 Å². The Morgan fingerprint density at radius 1 is 0.826 bits per heavy atom. The van der Waals surface area contributed by atoms with E-state index in [1.807, 2.05) is 0 Å². The summed E-state index contributed by atoms with van der Waals surface area (Å²) in [4.78, 5) is 0. The van der Waals surface area contributed by atoms with Crippen molar-refractivity contribution >= 4 is 0 Å². The summed E-state index contributed by atoms with van der Waals surface area (Å²) in [6.07, 6.45) is 19.8. The van der Waals surface area contributed by atoms with Crippen molar-refractivity contribution in [1.29, 1.82) is 0 Å². The summed E-state index contributed by atoms with van der Waals surface area (Å²) in [6, 6.07) is 0. The Hall–Kier alpha value is 0.713. The smallest absolute Gasteiger partial charge is 1.00 e. The third-order valence-electron chi connectivity index (χ3n) is 4.43. The van der Waals surface area contributed by atoms with Crippen LogP contribution in [0.5, 0.6) is 0 Å². The van der Waals surface area contributed by atoms with Gasteiger partial charge < -0.3 is 37.2 Å². The molecular weight excluding hydrogens is 426 g/mol. The molecule has 0 saturated carbocycles. The Balaban J connectivity index is 0. The Bertz CT molecular complexity index is 419. The minimum absolute atomic E-state index is 0. The summed E-state index contributed by atoms with van der Waals surface area (Å²) in [7, 11) is 0. The van der Waals surface area contributed by atoms with Crippen molar-refractivity contribution in [2.24, 2.45) is 0 Å². The van der Waals surface area contributed by atoms with Crippen LogP contribution in [0.25, 0.3) is 0 Å². The maximum atomic E-state index is 2.40. The molecule has 0 saturated heterocycles. The van der Waals surface area contributed by atoms with E-state index in [0.717, 1.165) is 3.63 Å². The van der Waals surface area contributed by atoms with Crippen LogP contribution >= 0.6 is 0 Å². The fourth-order valence-corrected chi connectivity index (χ4v) is 4.66. The van der Waals surface area contributed by atoms with Crippen LogP contribution in [0.2, 0.25) is 3.63 Å². The van der Waals surface area contributed by atoms with E-state index in [0.29, 0.717) is 0 Å². The summed E-state index contributed by atoms with van der Waals surface area (Å²) < 4.78 is 0.742. The van der Waals surface area contributed by atoms with Crippen molar-refractivity contribution in [2.45, 2.75) is 68.8 Å². The predicted octanol–water partition coefficient (Wildman–Crippen LogP) is -2.77. The van der Waals surface area contributed by atoms with Crippen molar-refractivity contribution in [3.05, 3.63) is 46.6 Å². The van der Waals surface area contributed by atoms with Gasteiger partial charge in [0.2, 0.25) is 0 Å². The molecule has 0 unspecified atom stereocenters. The Morgan fingerprint density at radius 3 is 1.57 bits per heavy atom. The van der Waals surface area contributed by atoms with Crippen LogP contribution in [0.15, 0.2) is 46.6 Å². The molecule has 2 aliphatic carbocycles. The Kier molecular flexibility index (Phi) is 15.7. The molecule has 128 valence electrons. The monoisotopic (exact) mass is 450 g/mol. The van der Waals surface area contributed by atoms with E-state index in [1.54, 1.807) is 47.0 Å². The van der Waals surface area contributed by atoms with Crippen LogP contribution < -0.4 is 37.2 Å². The molecule has 2 aliphatic rings. The maximum absolute atomic E-state index is 2.40. The molecule has 0 spiro atoms. The third-order valence-corrected chi connectivity index (χ3v) is 6.15. The van der Waals surface area contributed by atoms with Gasteiger partial charge in [0.1, 0.15) is 0 Å². The van der Waals surface area contributed by atoms with Gasteiger partial charge in [-0.2, -0.15) is 0 Å². The van der Waals surface area contributed by atoms with E-state index in [-0.39, 0.29) is 37.2 Å². The summed E-state index contributed by atoms with van der Waals surface area (Å²) in [5.74, 6) is 0. The van der Waals surface area contributed by atoms with Gasteiger partial charge in [-0.1, -0.05) is 0 Å². The van der Waals surface area contributed by atoms with Gasteiger partial charge in [0.25, 0.3) is 0 Å². The molecule has 0 aromatic rings. The van der Waals surface area contributed by atoms with Crippen LogP contribution in [-0.2, 0) is 24.7 Å². The normalized spacial score (nSPS) is 15.9. The number of hydrogen-bond acceptors (Lipinski definition) is 0. The molecule has 0 aromatic heterocycles. The minimum atomic E-state index is 0. The largest absolute Gasteiger partial charge is 1.00 e. The topological polar surface area (TPSA) is 0 Å². The number of allylic oxidation sites excluding steroid dienone is 8. The summed E-state index contributed by atoms with van der Waals surface area (Å²) in [5.41, 5.74) is 6.79. The Labute approximate surface area is 176 Å². The van der Waals surface area contributed by atoms with Crippen LogP contribution in [0.1, 0.15) is 65.2 Å². The van der Waals surface area contributed by atoms with Gasteiger partial charge in [-0.25, -0.2) is 0 Å². The molecule has 0 heterocycles. The van der Waals surface area contributed by atoms with Crippen molar-refractivity contribution in [1.82, 2.24) is 0 Å². The quantitative estimate of drug-likeness (QED) is 0.374. The molecule has 0 N–H and O–H groups in total. The second-order valence-corrected chi connectivity index (χ2v) is 7.37. The Morgan fingerprint density at radius 2 is 1.22 bits per heavy atom. The van der Waals surface area contributed by atoms with Crippen LogP contribution in [0.4, 0.5) is 0 Å². The first kappa shape index (κ1) is 25.9. The summed E-state index contributed by atoms with van der Waals surface area (Å²) >= 11 is 1.68. The van der Waals surface area contributed by atoms with Crippen molar-refractivity contribution in [3.63, 3.8) is 0 Å². The second-order valence-electron chi connectivity index (χ2n) is 5.95. The van der Waals surface area contributed by atoms with Crippen LogP contribution in [0.3, 0.4) is 0 Å². The van der Waals surface area contributed by atoms with Gasteiger partial charge in [0.15, 0.2) is 0 Å². The van der Waals surface area contributed by atoms with Crippen molar-refractivity contribution in [2.75, 3.05) is 0 Å². The SMILES string of the molecule is CCCCC1=C([CH]([Zr+3])C2=C(CCCC)C=CC2)CC=C1.[Cl-].[Cl-].[Cl-]. The first-order chi connectivity index (χ1) is 9.77. The van der Waals surface area contributed by atoms with E-state index >= 15 is 0 Å². The maximum Gasteiger partial charge on any atom is -1.00 e. The van der Waals surface area contributed by atoms with Crippen molar-refractivity contribution in [3.8, 4) is 0 Å². The fraction of sp³-hybridized carbons (Fsp3) is 0.579. The van der Waals surface area contributed by atoms with Gasteiger partial charge in [-0.15, -0.1) is 0 Å². The minimum Gasteiger partial charge on any atom is -1.00 e. The third kappa shape index (κ3) is 7.23. The van der Waals surface area contributed by atoms with E-state index in [9.17, 15) is 0 Å². The average Bonchev–Trinajstić information content (AvgIpc) is 3.10. The molecule has 0 atom stereocenters. The molecular formula is C19H27Cl3Zr. The van der Waals surface area contributed by atoms with Gasteiger partial charge >= 0.3 is 140 Å². The molecule has 0 fully saturated rings. The second kappa shape index (κ2) is 13.9. The van der Waals surface area contributed by atoms with Crippen LogP contribution in [-0.4, -0.2) is 0 Å². The van der Waals surface area contributed by atoms with E-state index in [1.165, 1.54) is 51.4 Å². The van der Waals surface area contributed by atoms with Crippen LogP contribution in [0, 0.1) is 0 Å². The zero-order chi connectivity index (χ0) is 14.4. The average molecular weight is 453 g/mol. The van der Waals surface area contributed by atoms with E-state index in [4.69, 9.17) is 0 Å². The molecule has 0 radical (unpaired) electrons. The van der Waals surface area contributed by atoms with E-state index < -0.39 is 0 Å². The molecule has 2 rings (SSSR count). The standard InChI is InChI=1S/C19H27.3ClH.Zr/c1-3-5-9-16-11-7-13-18(16)15-19-14-8-12-17(19)10-6-4-2;;;;/h7-8,11-12,15H,3-6,9-10,13-14H2,1-2H3;3*1H;/q;;;;+3/p-3. The molecule has 0 amide bonds. The van der Waals surface area contributed by atoms with Crippen molar-refractivity contribution < 1.29 is 61.9 Å². The number of halogens is 3. The molecule has 4 heteroatoms. The predicted molar refractivity (Wildman–Crippen MR) is 84.4 cm³/mol. The number of unbranched alkanes of at least 4 members (excludes halogenated alkanes) is 2. The van der Waals surface area contributed by atoms with Gasteiger partial charge in [0.05, 0.1) is 0 Å². The fourth-order valence-electron chi connectivity index (χ4n) is 3.17. The first-order valence-electron chi connectivity index (χ1n) is 8.25. The summed E-state index contributed by atoms with van der Waals surface area (Å²) in [5, 5.41) is 0. The number of hydrogen-bond donors (Lipinski definition) is 0.